The van der Waals surface area contributed by atoms with Crippen molar-refractivity contribution in [3.05, 3.63) is 83.8 Å². The Hall–Kier alpha value is -2.95. The predicted octanol–water partition coefficient (Wildman–Crippen LogP) is 3.83. The monoisotopic (exact) mass is 309 g/mol. The van der Waals surface area contributed by atoms with Gasteiger partial charge in [-0.05, 0) is 23.3 Å². The summed E-state index contributed by atoms with van der Waals surface area (Å²) in [5, 5.41) is 3.28. The Morgan fingerprint density at radius 3 is 2.35 bits per heavy atom. The molecule has 4 nitrogen and oxygen atoms in total. The number of rotatable bonds is 5. The lowest BCUT2D eigenvalue weighted by Gasteiger charge is -2.20. The van der Waals surface area contributed by atoms with Gasteiger partial charge in [0, 0.05) is 12.3 Å². The fraction of sp³-hybridized carbons (Fsp3) is 0.111. The predicted molar refractivity (Wildman–Crippen MR) is 86.9 cm³/mol. The van der Waals surface area contributed by atoms with Crippen LogP contribution in [0.2, 0.25) is 0 Å². The Bertz CT molecular complexity index is 763. The second-order valence-corrected chi connectivity index (χ2v) is 4.96. The number of nitrogens with zero attached hydrogens (tertiary/aromatic N) is 2. The van der Waals surface area contributed by atoms with Crippen LogP contribution in [0.1, 0.15) is 17.2 Å². The number of halogens is 1. The number of hydrogen-bond donors (Lipinski definition) is 1. The summed E-state index contributed by atoms with van der Waals surface area (Å²) in [6, 6.07) is 17.7. The molecule has 3 rings (SSSR count). The average molecular weight is 309 g/mol. The van der Waals surface area contributed by atoms with E-state index < -0.39 is 0 Å². The van der Waals surface area contributed by atoms with Crippen molar-refractivity contribution in [2.45, 2.75) is 6.04 Å². The van der Waals surface area contributed by atoms with Gasteiger partial charge in [-0.25, -0.2) is 9.37 Å². The van der Waals surface area contributed by atoms with Gasteiger partial charge in [0.2, 0.25) is 11.8 Å². The quantitative estimate of drug-likeness (QED) is 0.778. The topological polar surface area (TPSA) is 47.0 Å². The third kappa shape index (κ3) is 3.63. The van der Waals surface area contributed by atoms with Crippen LogP contribution in [0.5, 0.6) is 5.88 Å². The van der Waals surface area contributed by atoms with Gasteiger partial charge in [-0.3, -0.25) is 0 Å². The molecule has 1 aromatic heterocycles. The van der Waals surface area contributed by atoms with Gasteiger partial charge in [-0.1, -0.05) is 42.5 Å². The molecular weight excluding hydrogens is 293 g/mol. The molecule has 0 aliphatic carbocycles. The molecule has 116 valence electrons. The number of methoxy groups -OCH3 is 1. The van der Waals surface area contributed by atoms with E-state index in [0.29, 0.717) is 11.8 Å². The van der Waals surface area contributed by atoms with E-state index in [-0.39, 0.29) is 11.9 Å². The van der Waals surface area contributed by atoms with Crippen molar-refractivity contribution in [1.29, 1.82) is 0 Å². The van der Waals surface area contributed by atoms with Gasteiger partial charge >= 0.3 is 0 Å². The van der Waals surface area contributed by atoms with Crippen LogP contribution in [0.15, 0.2) is 66.9 Å². The Kier molecular flexibility index (Phi) is 4.47. The summed E-state index contributed by atoms with van der Waals surface area (Å²) in [6.07, 6.45) is 1.63. The van der Waals surface area contributed by atoms with Crippen LogP contribution < -0.4 is 10.1 Å². The number of ether oxygens (including phenoxy) is 1. The van der Waals surface area contributed by atoms with E-state index in [1.807, 2.05) is 30.3 Å². The minimum Gasteiger partial charge on any atom is -0.481 e. The zero-order chi connectivity index (χ0) is 16.1. The summed E-state index contributed by atoms with van der Waals surface area (Å²) in [4.78, 5) is 8.50. The highest BCUT2D eigenvalue weighted by molar-refractivity contribution is 5.41. The van der Waals surface area contributed by atoms with Crippen molar-refractivity contribution in [3.63, 3.8) is 0 Å². The molecule has 1 unspecified atom stereocenters. The molecule has 0 saturated carbocycles. The molecular formula is C18H16FN3O. The van der Waals surface area contributed by atoms with Gasteiger partial charge in [0.1, 0.15) is 5.82 Å². The van der Waals surface area contributed by atoms with Crippen LogP contribution in [0.4, 0.5) is 10.3 Å². The molecule has 23 heavy (non-hydrogen) atoms. The largest absolute Gasteiger partial charge is 0.481 e. The van der Waals surface area contributed by atoms with E-state index in [2.05, 4.69) is 15.3 Å². The molecule has 0 radical (unpaired) electrons. The summed E-state index contributed by atoms with van der Waals surface area (Å²) in [5.41, 5.74) is 1.95. The molecule has 0 saturated heterocycles. The third-order valence-electron chi connectivity index (χ3n) is 3.45. The van der Waals surface area contributed by atoms with Crippen molar-refractivity contribution in [1.82, 2.24) is 9.97 Å². The van der Waals surface area contributed by atoms with Crippen molar-refractivity contribution in [2.24, 2.45) is 0 Å². The first-order valence-corrected chi connectivity index (χ1v) is 7.20. The van der Waals surface area contributed by atoms with E-state index >= 15 is 0 Å². The van der Waals surface area contributed by atoms with Gasteiger partial charge in [0.05, 0.1) is 13.2 Å². The van der Waals surface area contributed by atoms with Gasteiger partial charge in [-0.15, -0.1) is 0 Å². The normalized spacial score (nSPS) is 11.7. The fourth-order valence-corrected chi connectivity index (χ4v) is 2.31. The van der Waals surface area contributed by atoms with Crippen molar-refractivity contribution in [2.75, 3.05) is 12.4 Å². The molecule has 0 fully saturated rings. The molecule has 0 aliphatic heterocycles. The lowest BCUT2D eigenvalue weighted by Crippen LogP contribution is -2.14. The Morgan fingerprint density at radius 2 is 1.65 bits per heavy atom. The third-order valence-corrected chi connectivity index (χ3v) is 3.45. The average Bonchev–Trinajstić information content (AvgIpc) is 2.61. The van der Waals surface area contributed by atoms with Crippen LogP contribution in [-0.2, 0) is 0 Å². The van der Waals surface area contributed by atoms with Crippen molar-refractivity contribution < 1.29 is 9.13 Å². The number of anilines is 1. The second-order valence-electron chi connectivity index (χ2n) is 4.96. The zero-order valence-electron chi connectivity index (χ0n) is 12.6. The molecule has 1 atom stereocenters. The number of benzene rings is 2. The van der Waals surface area contributed by atoms with E-state index in [0.717, 1.165) is 11.1 Å². The maximum atomic E-state index is 13.2. The van der Waals surface area contributed by atoms with Gasteiger partial charge in [0.25, 0.3) is 0 Å². The molecule has 1 N–H and O–H groups in total. The van der Waals surface area contributed by atoms with Gasteiger partial charge < -0.3 is 10.1 Å². The van der Waals surface area contributed by atoms with Gasteiger partial charge in [0.15, 0.2) is 0 Å². The summed E-state index contributed by atoms with van der Waals surface area (Å²) < 4.78 is 18.3. The van der Waals surface area contributed by atoms with E-state index in [1.54, 1.807) is 31.5 Å². The summed E-state index contributed by atoms with van der Waals surface area (Å²) in [5.74, 6) is 0.661. The first-order valence-electron chi connectivity index (χ1n) is 7.20. The molecule has 3 aromatic rings. The first-order chi connectivity index (χ1) is 11.3. The maximum Gasteiger partial charge on any atom is 0.226 e. The lowest BCUT2D eigenvalue weighted by molar-refractivity contribution is 0.397. The first kappa shape index (κ1) is 15.0. The molecule has 0 bridgehead atoms. The Balaban J connectivity index is 1.96. The summed E-state index contributed by atoms with van der Waals surface area (Å²) in [7, 11) is 1.56. The van der Waals surface area contributed by atoms with Gasteiger partial charge in [-0.2, -0.15) is 4.98 Å². The maximum absolute atomic E-state index is 13.2. The summed E-state index contributed by atoms with van der Waals surface area (Å²) >= 11 is 0. The minimum absolute atomic E-state index is 0.191. The van der Waals surface area contributed by atoms with Crippen LogP contribution in [0.3, 0.4) is 0 Å². The smallest absolute Gasteiger partial charge is 0.226 e. The second kappa shape index (κ2) is 6.87. The molecule has 1 heterocycles. The molecule has 5 heteroatoms. The molecule has 0 spiro atoms. The Morgan fingerprint density at radius 1 is 0.957 bits per heavy atom. The summed E-state index contributed by atoms with van der Waals surface area (Å²) in [6.45, 7) is 0. The fourth-order valence-electron chi connectivity index (χ4n) is 2.31. The Labute approximate surface area is 134 Å². The van der Waals surface area contributed by atoms with E-state index in [1.165, 1.54) is 12.1 Å². The van der Waals surface area contributed by atoms with E-state index in [4.69, 9.17) is 4.74 Å². The van der Waals surface area contributed by atoms with Crippen molar-refractivity contribution in [3.8, 4) is 5.88 Å². The molecule has 2 aromatic carbocycles. The van der Waals surface area contributed by atoms with Crippen LogP contribution in [0, 0.1) is 5.82 Å². The standard InChI is InChI=1S/C18H16FN3O/c1-23-16-11-12-20-18(21-16)22-17(13-5-3-2-4-6-13)14-7-9-15(19)10-8-14/h2-12,17H,1H3,(H,20,21,22). The highest BCUT2D eigenvalue weighted by atomic mass is 19.1. The minimum atomic E-state index is -0.266. The highest BCUT2D eigenvalue weighted by Crippen LogP contribution is 2.26. The zero-order valence-corrected chi connectivity index (χ0v) is 12.6. The van der Waals surface area contributed by atoms with Crippen LogP contribution in [0.25, 0.3) is 0 Å². The lowest BCUT2D eigenvalue weighted by atomic mass is 9.99. The van der Waals surface area contributed by atoms with Crippen LogP contribution >= 0.6 is 0 Å². The number of nitrogens with one attached hydrogen (secondary N) is 1. The number of aromatic nitrogens is 2. The van der Waals surface area contributed by atoms with E-state index in [9.17, 15) is 4.39 Å². The molecule has 0 amide bonds. The SMILES string of the molecule is COc1ccnc(NC(c2ccccc2)c2ccc(F)cc2)n1. The van der Waals surface area contributed by atoms with Crippen LogP contribution in [-0.4, -0.2) is 17.1 Å². The van der Waals surface area contributed by atoms with Crippen molar-refractivity contribution >= 4 is 5.95 Å². The molecule has 0 aliphatic rings. The number of hydrogen-bond acceptors (Lipinski definition) is 4. The highest BCUT2D eigenvalue weighted by Gasteiger charge is 2.15.